The van der Waals surface area contributed by atoms with Crippen LogP contribution < -0.4 is 26.6 Å². The predicted octanol–water partition coefficient (Wildman–Crippen LogP) is 2.95. The van der Waals surface area contributed by atoms with Gasteiger partial charge in [-0.3, -0.25) is 9.59 Å². The molecule has 184 valence electrons. The van der Waals surface area contributed by atoms with Crippen LogP contribution in [0, 0.1) is 0 Å². The van der Waals surface area contributed by atoms with Gasteiger partial charge in [-0.25, -0.2) is 0 Å². The molecule has 2 N–H and O–H groups in total. The number of hydrogen-bond acceptors (Lipinski definition) is 5. The maximum absolute atomic E-state index is 12.7. The second kappa shape index (κ2) is 12.2. The summed E-state index contributed by atoms with van der Waals surface area (Å²) in [7, 11) is 4.11. The van der Waals surface area contributed by atoms with Crippen LogP contribution in [0.3, 0.4) is 0 Å². The van der Waals surface area contributed by atoms with Crippen LogP contribution in [0.15, 0.2) is 93.3 Å². The van der Waals surface area contributed by atoms with Crippen molar-refractivity contribution in [1.29, 1.82) is 0 Å². The molecule has 0 spiro atoms. The molecule has 0 radical (unpaired) electrons. The highest BCUT2D eigenvalue weighted by Gasteiger charge is 2.01. The van der Waals surface area contributed by atoms with E-state index in [0.717, 1.165) is 33.9 Å². The zero-order valence-corrected chi connectivity index (χ0v) is 21.2. The third-order valence-corrected chi connectivity index (χ3v) is 6.39. The third kappa shape index (κ3) is 7.34. The van der Waals surface area contributed by atoms with Gasteiger partial charge in [-0.2, -0.15) is 0 Å². The van der Waals surface area contributed by atoms with Gasteiger partial charge in [-0.15, -0.1) is 11.8 Å². The van der Waals surface area contributed by atoms with Gasteiger partial charge < -0.3 is 19.6 Å². The summed E-state index contributed by atoms with van der Waals surface area (Å²) in [5.41, 5.74) is 1.93. The van der Waals surface area contributed by atoms with Crippen molar-refractivity contribution in [2.75, 3.05) is 26.4 Å². The van der Waals surface area contributed by atoms with Crippen molar-refractivity contribution in [2.24, 2.45) is 0 Å². The summed E-state index contributed by atoms with van der Waals surface area (Å²) >= 11 is 1.78. The summed E-state index contributed by atoms with van der Waals surface area (Å²) in [5.74, 6) is 1.68. The van der Waals surface area contributed by atoms with Crippen molar-refractivity contribution < 1.29 is 4.74 Å². The molecule has 4 aromatic rings. The third-order valence-electron chi connectivity index (χ3n) is 5.40. The highest BCUT2D eigenvalue weighted by atomic mass is 32.2. The van der Waals surface area contributed by atoms with Gasteiger partial charge in [0.15, 0.2) is 0 Å². The Kier molecular flexibility index (Phi) is 8.60. The topological polar surface area (TPSA) is 78.2 Å². The summed E-state index contributed by atoms with van der Waals surface area (Å²) < 4.78 is 5.86. The van der Waals surface area contributed by atoms with Crippen molar-refractivity contribution in [3.63, 3.8) is 0 Å². The molecule has 1 aromatic heterocycles. The quantitative estimate of drug-likeness (QED) is 0.346. The first-order valence-electron chi connectivity index (χ1n) is 11.7. The van der Waals surface area contributed by atoms with Crippen LogP contribution in [0.2, 0.25) is 0 Å². The molecule has 0 atom stereocenters. The monoisotopic (exact) mass is 499 g/mol. The lowest BCUT2D eigenvalue weighted by molar-refractivity contribution is 0.306. The van der Waals surface area contributed by atoms with E-state index in [1.54, 1.807) is 23.9 Å². The van der Waals surface area contributed by atoms with Gasteiger partial charge in [-0.1, -0.05) is 54.6 Å². The molecular weight excluding hydrogens is 470 g/mol. The Morgan fingerprint density at radius 3 is 2.14 bits per heavy atom. The molecule has 4 rings (SSSR count). The molecule has 0 amide bonds. The van der Waals surface area contributed by atoms with E-state index >= 15 is 0 Å². The van der Waals surface area contributed by atoms with Gasteiger partial charge in [0.05, 0.1) is 0 Å². The molecule has 0 aliphatic rings. The van der Waals surface area contributed by atoms with Crippen molar-refractivity contribution in [1.82, 2.24) is 14.9 Å². The van der Waals surface area contributed by atoms with Crippen LogP contribution in [-0.4, -0.2) is 41.3 Å². The zero-order chi connectivity index (χ0) is 25.3. The molecule has 0 aliphatic carbocycles. The average molecular weight is 500 g/mol. The average Bonchev–Trinajstić information content (AvgIpc) is 2.87. The van der Waals surface area contributed by atoms with E-state index in [-0.39, 0.29) is 21.8 Å². The normalized spacial score (nSPS) is 12.3. The van der Waals surface area contributed by atoms with Crippen molar-refractivity contribution in [2.45, 2.75) is 11.5 Å². The van der Waals surface area contributed by atoms with E-state index in [1.807, 2.05) is 78.9 Å². The zero-order valence-electron chi connectivity index (χ0n) is 20.4. The molecule has 7 heteroatoms. The lowest BCUT2D eigenvalue weighted by Gasteiger charge is -2.08. The molecule has 36 heavy (non-hydrogen) atoms. The fourth-order valence-corrected chi connectivity index (χ4v) is 4.49. The number of aromatic amines is 2. The number of nitrogens with one attached hydrogen (secondary N) is 2. The highest BCUT2D eigenvalue weighted by molar-refractivity contribution is 7.99. The Morgan fingerprint density at radius 2 is 1.47 bits per heavy atom. The molecule has 0 bridgehead atoms. The van der Waals surface area contributed by atoms with E-state index in [1.165, 1.54) is 0 Å². The molecule has 0 saturated heterocycles. The van der Waals surface area contributed by atoms with E-state index in [4.69, 9.17) is 4.74 Å². The molecular formula is C29H29N3O3S. The lowest BCUT2D eigenvalue weighted by Crippen LogP contribution is -2.46. The Bertz CT molecular complexity index is 1530. The second-order valence-corrected chi connectivity index (χ2v) is 9.76. The molecule has 0 saturated carbocycles. The number of aromatic nitrogens is 2. The van der Waals surface area contributed by atoms with Crippen LogP contribution in [0.25, 0.3) is 12.2 Å². The fraction of sp³-hybridized carbons (Fsp3) is 0.172. The first kappa shape index (κ1) is 25.3. The largest absolute Gasteiger partial charge is 0.489 e. The number of rotatable bonds is 9. The van der Waals surface area contributed by atoms with Crippen LogP contribution in [-0.2, 0) is 6.61 Å². The lowest BCUT2D eigenvalue weighted by atomic mass is 10.2. The molecule has 1 heterocycles. The minimum atomic E-state index is -0.368. The number of hydrogen-bond donors (Lipinski definition) is 2. The standard InChI is InChI=1S/C29H29N3O3S/c1-32(2)15-16-36-25-13-11-21(12-14-25)18-26-28(33)31-27(29(34)30-26)19-23-9-6-10-24(17-23)35-20-22-7-4-3-5-8-22/h3-14,17-19H,15-16,20H2,1-2H3,(H,30,34)(H,31,33)/b26-18-,27-19-. The minimum absolute atomic E-state index is 0.185. The SMILES string of the molecule is CN(C)CCSc1ccc(/C=c2\[nH]c(=O)/c(=C/c3cccc(OCc4ccccc4)c3)[nH]c2=O)cc1. The molecule has 6 nitrogen and oxygen atoms in total. The summed E-state index contributed by atoms with van der Waals surface area (Å²) in [6.45, 7) is 1.45. The predicted molar refractivity (Wildman–Crippen MR) is 147 cm³/mol. The number of nitrogens with zero attached hydrogens (tertiary/aromatic N) is 1. The second-order valence-electron chi connectivity index (χ2n) is 8.59. The first-order chi connectivity index (χ1) is 17.5. The van der Waals surface area contributed by atoms with Crippen molar-refractivity contribution in [3.05, 3.63) is 127 Å². The first-order valence-corrected chi connectivity index (χ1v) is 12.7. The van der Waals surface area contributed by atoms with Gasteiger partial charge in [0.1, 0.15) is 23.1 Å². The Balaban J connectivity index is 1.51. The van der Waals surface area contributed by atoms with Crippen molar-refractivity contribution in [3.8, 4) is 5.75 Å². The summed E-state index contributed by atoms with van der Waals surface area (Å²) in [5, 5.41) is 0.398. The van der Waals surface area contributed by atoms with Gasteiger partial charge in [0.25, 0.3) is 11.1 Å². The van der Waals surface area contributed by atoms with E-state index in [0.29, 0.717) is 12.4 Å². The summed E-state index contributed by atoms with van der Waals surface area (Å²) in [6, 6.07) is 25.2. The van der Waals surface area contributed by atoms with Gasteiger partial charge in [0, 0.05) is 17.2 Å². The van der Waals surface area contributed by atoms with Crippen LogP contribution >= 0.6 is 11.8 Å². The molecule has 0 unspecified atom stereocenters. The smallest absolute Gasteiger partial charge is 0.272 e. The van der Waals surface area contributed by atoms with E-state index in [9.17, 15) is 9.59 Å². The fourth-order valence-electron chi connectivity index (χ4n) is 3.47. The highest BCUT2D eigenvalue weighted by Crippen LogP contribution is 2.18. The van der Waals surface area contributed by atoms with Gasteiger partial charge >= 0.3 is 0 Å². The van der Waals surface area contributed by atoms with Crippen LogP contribution in [0.1, 0.15) is 16.7 Å². The van der Waals surface area contributed by atoms with E-state index < -0.39 is 0 Å². The molecule has 3 aromatic carbocycles. The maximum Gasteiger partial charge on any atom is 0.272 e. The van der Waals surface area contributed by atoms with E-state index in [2.05, 4.69) is 29.0 Å². The molecule has 0 fully saturated rings. The Hall–Kier alpha value is -3.81. The number of benzene rings is 3. The van der Waals surface area contributed by atoms with Crippen LogP contribution in [0.4, 0.5) is 0 Å². The summed E-state index contributed by atoms with van der Waals surface area (Å²) in [6.07, 6.45) is 3.31. The molecule has 0 aliphatic heterocycles. The Labute approximate surface area is 214 Å². The number of ether oxygens (including phenoxy) is 1. The summed E-state index contributed by atoms with van der Waals surface area (Å²) in [4.78, 5) is 34.1. The minimum Gasteiger partial charge on any atom is -0.489 e. The number of thioether (sulfide) groups is 1. The Morgan fingerprint density at radius 1 is 0.806 bits per heavy atom. The maximum atomic E-state index is 12.7. The van der Waals surface area contributed by atoms with Crippen molar-refractivity contribution >= 4 is 23.9 Å². The van der Waals surface area contributed by atoms with Gasteiger partial charge in [-0.05, 0) is 67.2 Å². The van der Waals surface area contributed by atoms with Gasteiger partial charge in [0.2, 0.25) is 0 Å². The number of H-pyrrole nitrogens is 2. The van der Waals surface area contributed by atoms with Crippen LogP contribution in [0.5, 0.6) is 5.75 Å².